The van der Waals surface area contributed by atoms with Gasteiger partial charge in [-0.2, -0.15) is 31.8 Å². The first kappa shape index (κ1) is 36.7. The first-order valence-electron chi connectivity index (χ1n) is 11.6. The van der Waals surface area contributed by atoms with Crippen molar-refractivity contribution in [1.82, 2.24) is 15.0 Å². The summed E-state index contributed by atoms with van der Waals surface area (Å²) in [6.07, 6.45) is 0. The van der Waals surface area contributed by atoms with E-state index in [1.165, 1.54) is 18.2 Å². The number of aromatic hydroxyl groups is 2. The zero-order valence-corrected chi connectivity index (χ0v) is 28.4. The summed E-state index contributed by atoms with van der Waals surface area (Å²) in [5.41, 5.74) is 3.98. The number of phenolic OH excluding ortho intramolecular Hbond substituents is 2. The smallest absolute Gasteiger partial charge is 0.506 e. The minimum atomic E-state index is -5.08. The third kappa shape index (κ3) is 7.45. The van der Waals surface area contributed by atoms with Crippen LogP contribution >= 0.6 is 11.6 Å². The standard InChI is InChI=1S/C23H15ClN8O10S2.Cr.Na/c24-21-27-22(25)29-23(28-21)26-10-1-3-12-9(5-10)6-17(44(40,41)42)19(20(12)34)31-30-18-13-4-2-11(32(35)36)7-14(13)16(8-15(18)33)43(37,38)39;;/h1-8,33-34H,(H,37,38,39)(H,40,41,42)(H3,25,26,27,28,29);;/q;;+1. The van der Waals surface area contributed by atoms with E-state index in [2.05, 4.69) is 30.5 Å². The number of hydrogen-bond acceptors (Lipinski definition) is 15. The predicted octanol–water partition coefficient (Wildman–Crippen LogP) is 1.39. The number of nitrogens with zero attached hydrogens (tertiary/aromatic N) is 6. The van der Waals surface area contributed by atoms with Gasteiger partial charge in [-0.3, -0.25) is 19.2 Å². The number of benzene rings is 4. The average molecular weight is 738 g/mol. The molecule has 0 aliphatic heterocycles. The first-order valence-corrected chi connectivity index (χ1v) is 14.8. The summed E-state index contributed by atoms with van der Waals surface area (Å²) in [5, 5.41) is 42.3. The second kappa shape index (κ2) is 13.5. The number of non-ortho nitro benzene ring substituents is 1. The number of nitrogen functional groups attached to an aromatic ring is 1. The van der Waals surface area contributed by atoms with Crippen molar-refractivity contribution in [3.05, 3.63) is 63.9 Å². The van der Waals surface area contributed by atoms with Crippen LogP contribution in [0, 0.1) is 10.1 Å². The van der Waals surface area contributed by atoms with Gasteiger partial charge in [-0.15, -0.1) is 10.2 Å². The summed E-state index contributed by atoms with van der Waals surface area (Å²) in [5.74, 6) is -1.89. The molecule has 0 atom stereocenters. The minimum absolute atomic E-state index is 0. The van der Waals surface area contributed by atoms with Gasteiger partial charge in [0, 0.05) is 57.4 Å². The Hall–Kier alpha value is -3.75. The third-order valence-electron chi connectivity index (χ3n) is 5.98. The Kier molecular flexibility index (Phi) is 10.8. The van der Waals surface area contributed by atoms with Crippen LogP contribution in [0.4, 0.5) is 34.6 Å². The summed E-state index contributed by atoms with van der Waals surface area (Å²) in [6.45, 7) is 0. The SMILES string of the molecule is Nc1nc(Cl)nc(Nc2ccc3c(O)c(N=Nc4c(O)cc(S(=O)(=O)O)c5cc([N+](=O)[O-])ccc45)c(S(=O)(=O)O)cc3c2)n1.[Cr].[Na+]. The van der Waals surface area contributed by atoms with Crippen LogP contribution in [-0.2, 0) is 37.6 Å². The molecule has 23 heteroatoms. The van der Waals surface area contributed by atoms with E-state index >= 15 is 0 Å². The molecule has 0 fully saturated rings. The maximum atomic E-state index is 12.3. The van der Waals surface area contributed by atoms with Crippen LogP contribution in [-0.4, -0.2) is 56.0 Å². The summed E-state index contributed by atoms with van der Waals surface area (Å²) in [6, 6.07) is 8.43. The van der Waals surface area contributed by atoms with E-state index in [1.54, 1.807) is 0 Å². The number of aromatic nitrogens is 3. The van der Waals surface area contributed by atoms with E-state index in [0.29, 0.717) is 6.07 Å². The molecule has 0 aliphatic rings. The zero-order valence-electron chi connectivity index (χ0n) is 22.7. The normalized spacial score (nSPS) is 11.7. The molecule has 0 saturated heterocycles. The molecule has 18 nitrogen and oxygen atoms in total. The molecule has 0 aliphatic carbocycles. The van der Waals surface area contributed by atoms with E-state index in [9.17, 15) is 46.3 Å². The minimum Gasteiger partial charge on any atom is -0.506 e. The molecule has 232 valence electrons. The van der Waals surface area contributed by atoms with Crippen LogP contribution in [0.15, 0.2) is 68.6 Å². The van der Waals surface area contributed by atoms with E-state index in [1.807, 2.05) is 0 Å². The Morgan fingerprint density at radius 2 is 1.48 bits per heavy atom. The molecule has 4 aromatic carbocycles. The van der Waals surface area contributed by atoms with Crippen LogP contribution < -0.4 is 40.6 Å². The molecule has 7 N–H and O–H groups in total. The third-order valence-corrected chi connectivity index (χ3v) is 7.91. The number of nitro groups is 1. The molecule has 0 radical (unpaired) electrons. The van der Waals surface area contributed by atoms with Gasteiger partial charge in [0.2, 0.25) is 17.2 Å². The van der Waals surface area contributed by atoms with Crippen molar-refractivity contribution in [2.45, 2.75) is 9.79 Å². The maximum absolute atomic E-state index is 12.3. The van der Waals surface area contributed by atoms with Gasteiger partial charge in [0.25, 0.3) is 25.9 Å². The maximum Gasteiger partial charge on any atom is 1.00 e. The molecule has 0 spiro atoms. The fourth-order valence-electron chi connectivity index (χ4n) is 4.16. The van der Waals surface area contributed by atoms with E-state index in [-0.39, 0.29) is 85.9 Å². The molecule has 0 saturated carbocycles. The number of phenols is 2. The summed E-state index contributed by atoms with van der Waals surface area (Å²) in [4.78, 5) is 20.0. The van der Waals surface area contributed by atoms with Crippen molar-refractivity contribution in [3.63, 3.8) is 0 Å². The van der Waals surface area contributed by atoms with E-state index < -0.39 is 68.9 Å². The van der Waals surface area contributed by atoms with Crippen LogP contribution in [0.5, 0.6) is 11.5 Å². The number of hydrogen-bond donors (Lipinski definition) is 6. The molecular formula is C23H15ClCrN8NaO10S2+. The Labute approximate surface area is 295 Å². The van der Waals surface area contributed by atoms with Crippen molar-refractivity contribution in [1.29, 1.82) is 0 Å². The predicted molar refractivity (Wildman–Crippen MR) is 154 cm³/mol. The van der Waals surface area contributed by atoms with Crippen molar-refractivity contribution >= 4 is 88.0 Å². The average Bonchev–Trinajstić information content (AvgIpc) is 2.91. The number of halogens is 1. The fourth-order valence-corrected chi connectivity index (χ4v) is 5.69. The van der Waals surface area contributed by atoms with Gasteiger partial charge in [-0.25, -0.2) is 0 Å². The molecule has 5 aromatic rings. The van der Waals surface area contributed by atoms with Gasteiger partial charge in [-0.05, 0) is 47.3 Å². The Balaban J connectivity index is 0.00000288. The van der Waals surface area contributed by atoms with Crippen LogP contribution in [0.2, 0.25) is 5.28 Å². The van der Waals surface area contributed by atoms with Crippen molar-refractivity contribution in [2.75, 3.05) is 11.1 Å². The summed E-state index contributed by atoms with van der Waals surface area (Å²) < 4.78 is 68.0. The topological polar surface area (TPSA) is 294 Å². The van der Waals surface area contributed by atoms with Gasteiger partial charge in [0.1, 0.15) is 26.9 Å². The number of nitrogens with two attached hydrogens (primary N) is 1. The monoisotopic (exact) mass is 737 g/mol. The molecule has 0 amide bonds. The van der Waals surface area contributed by atoms with Gasteiger partial charge in [-0.1, -0.05) is 0 Å². The Bertz CT molecular complexity index is 2290. The van der Waals surface area contributed by atoms with E-state index in [0.717, 1.165) is 24.3 Å². The van der Waals surface area contributed by atoms with Crippen LogP contribution in [0.25, 0.3) is 21.5 Å². The molecule has 5 rings (SSSR count). The largest absolute Gasteiger partial charge is 1.00 e. The molecule has 0 unspecified atom stereocenters. The van der Waals surface area contributed by atoms with Crippen LogP contribution in [0.1, 0.15) is 0 Å². The van der Waals surface area contributed by atoms with Gasteiger partial charge >= 0.3 is 29.6 Å². The quantitative estimate of drug-likeness (QED) is 0.0452. The van der Waals surface area contributed by atoms with Crippen molar-refractivity contribution in [3.8, 4) is 11.5 Å². The number of nitro benzene ring substituents is 1. The van der Waals surface area contributed by atoms with Crippen molar-refractivity contribution < 1.29 is 88.0 Å². The fraction of sp³-hybridized carbons (Fsp3) is 0. The molecule has 46 heavy (non-hydrogen) atoms. The number of anilines is 3. The Morgan fingerprint density at radius 1 is 0.848 bits per heavy atom. The van der Waals surface area contributed by atoms with Gasteiger partial charge in [0.05, 0.1) is 4.92 Å². The number of fused-ring (bicyclic) bond motifs is 2. The number of azo groups is 1. The zero-order chi connectivity index (χ0) is 32.1. The van der Waals surface area contributed by atoms with Gasteiger partial charge in [0.15, 0.2) is 5.75 Å². The van der Waals surface area contributed by atoms with Crippen molar-refractivity contribution in [2.24, 2.45) is 10.2 Å². The Morgan fingerprint density at radius 3 is 2.09 bits per heavy atom. The second-order valence-corrected chi connectivity index (χ2v) is 11.9. The summed E-state index contributed by atoms with van der Waals surface area (Å²) >= 11 is 5.77. The summed E-state index contributed by atoms with van der Waals surface area (Å²) in [7, 11) is -10.1. The second-order valence-electron chi connectivity index (χ2n) is 8.80. The molecular weight excluding hydrogens is 723 g/mol. The molecule has 1 aromatic heterocycles. The van der Waals surface area contributed by atoms with Crippen LogP contribution in [0.3, 0.4) is 0 Å². The number of nitrogens with one attached hydrogen (secondary N) is 1. The molecule has 0 bridgehead atoms. The van der Waals surface area contributed by atoms with Gasteiger partial charge < -0.3 is 21.3 Å². The number of rotatable bonds is 7. The van der Waals surface area contributed by atoms with E-state index in [4.69, 9.17) is 17.3 Å². The molecule has 1 heterocycles. The first-order chi connectivity index (χ1) is 20.5.